The number of nitrogens with zero attached hydrogens (tertiary/aromatic N) is 5. The number of carbonyl (C=O) groups excluding carboxylic acids is 1. The zero-order chi connectivity index (χ0) is 18.5. The predicted octanol–water partition coefficient (Wildman–Crippen LogP) is 2.96. The first kappa shape index (κ1) is 16.0. The summed E-state index contributed by atoms with van der Waals surface area (Å²) in [5, 5.41) is 14.7. The normalized spacial score (nSPS) is 12.0. The van der Waals surface area contributed by atoms with E-state index in [4.69, 9.17) is 0 Å². The monoisotopic (exact) mass is 361 g/mol. The molecule has 0 bridgehead atoms. The standard InChI is InChI=1S/C15H10F3N7O/c1-7-9-4-8(21-13-10-5-19-6-20-12(10)22-23-13)2-3-11(9)25(24-7)14(26)15(16,17)18/h2-6H,1H3,(H2,19,20,21,22,23). The van der Waals surface area contributed by atoms with Crippen molar-refractivity contribution in [3.8, 4) is 0 Å². The van der Waals surface area contributed by atoms with Crippen molar-refractivity contribution in [3.05, 3.63) is 36.4 Å². The van der Waals surface area contributed by atoms with Gasteiger partial charge in [0.25, 0.3) is 0 Å². The molecule has 3 heterocycles. The van der Waals surface area contributed by atoms with Crippen molar-refractivity contribution in [1.29, 1.82) is 0 Å². The summed E-state index contributed by atoms with van der Waals surface area (Å²) in [5.41, 5.74) is 1.43. The van der Waals surface area contributed by atoms with Gasteiger partial charge in [0.1, 0.15) is 12.1 Å². The number of aromatic nitrogens is 6. The first-order chi connectivity index (χ1) is 12.3. The summed E-state index contributed by atoms with van der Waals surface area (Å²) >= 11 is 0. The van der Waals surface area contributed by atoms with Gasteiger partial charge in [-0.1, -0.05) is 0 Å². The molecule has 0 atom stereocenters. The van der Waals surface area contributed by atoms with Gasteiger partial charge in [0.05, 0.1) is 16.6 Å². The topological polar surface area (TPSA) is 101 Å². The molecular weight excluding hydrogens is 351 g/mol. The van der Waals surface area contributed by atoms with Crippen molar-refractivity contribution in [2.75, 3.05) is 5.32 Å². The van der Waals surface area contributed by atoms with Crippen molar-refractivity contribution >= 4 is 39.3 Å². The second kappa shape index (κ2) is 5.51. The largest absolute Gasteiger partial charge is 0.473 e. The maximum absolute atomic E-state index is 12.7. The molecule has 26 heavy (non-hydrogen) atoms. The van der Waals surface area contributed by atoms with Crippen LogP contribution >= 0.6 is 0 Å². The Kier molecular flexibility index (Phi) is 3.39. The number of halogens is 3. The Morgan fingerprint density at radius 2 is 2.08 bits per heavy atom. The fraction of sp³-hybridized carbons (Fsp3) is 0.133. The van der Waals surface area contributed by atoms with Gasteiger partial charge in [0.15, 0.2) is 5.65 Å². The van der Waals surface area contributed by atoms with Gasteiger partial charge in [-0.2, -0.15) is 28.1 Å². The summed E-state index contributed by atoms with van der Waals surface area (Å²) in [7, 11) is 0. The van der Waals surface area contributed by atoms with Gasteiger partial charge < -0.3 is 5.32 Å². The van der Waals surface area contributed by atoms with Gasteiger partial charge in [0.2, 0.25) is 0 Å². The Labute approximate surface area is 143 Å². The summed E-state index contributed by atoms with van der Waals surface area (Å²) in [4.78, 5) is 19.4. The van der Waals surface area contributed by atoms with Crippen molar-refractivity contribution in [1.82, 2.24) is 29.9 Å². The zero-order valence-corrected chi connectivity index (χ0v) is 13.2. The Morgan fingerprint density at radius 1 is 1.27 bits per heavy atom. The number of alkyl halides is 3. The summed E-state index contributed by atoms with van der Waals surface area (Å²) in [6, 6.07) is 4.55. The third kappa shape index (κ3) is 2.53. The summed E-state index contributed by atoms with van der Waals surface area (Å²) in [6.45, 7) is 1.53. The number of hydrogen-bond donors (Lipinski definition) is 2. The highest BCUT2D eigenvalue weighted by Gasteiger charge is 2.41. The van der Waals surface area contributed by atoms with Crippen molar-refractivity contribution in [2.24, 2.45) is 0 Å². The van der Waals surface area contributed by atoms with Crippen LogP contribution in [0.25, 0.3) is 21.9 Å². The van der Waals surface area contributed by atoms with Crippen LogP contribution in [0, 0.1) is 6.92 Å². The van der Waals surface area contributed by atoms with Crippen molar-refractivity contribution < 1.29 is 18.0 Å². The molecule has 4 rings (SSSR count). The Hall–Kier alpha value is -3.50. The van der Waals surface area contributed by atoms with Crippen LogP contribution in [0.3, 0.4) is 0 Å². The second-order valence-electron chi connectivity index (χ2n) is 5.52. The lowest BCUT2D eigenvalue weighted by molar-refractivity contribution is -0.0952. The average molecular weight is 361 g/mol. The van der Waals surface area contributed by atoms with Gasteiger partial charge in [-0.25, -0.2) is 9.97 Å². The smallest absolute Gasteiger partial charge is 0.340 e. The van der Waals surface area contributed by atoms with Gasteiger partial charge in [-0.15, -0.1) is 0 Å². The summed E-state index contributed by atoms with van der Waals surface area (Å²) in [6.07, 6.45) is -2.05. The molecule has 0 fully saturated rings. The lowest BCUT2D eigenvalue weighted by atomic mass is 10.2. The highest BCUT2D eigenvalue weighted by molar-refractivity contribution is 5.96. The van der Waals surface area contributed by atoms with Gasteiger partial charge in [-0.3, -0.25) is 9.89 Å². The Morgan fingerprint density at radius 3 is 2.85 bits per heavy atom. The number of aryl methyl sites for hydroxylation is 1. The molecule has 4 aromatic rings. The van der Waals surface area contributed by atoms with E-state index in [1.165, 1.54) is 19.3 Å². The summed E-state index contributed by atoms with van der Waals surface area (Å²) < 4.78 is 38.5. The fourth-order valence-electron chi connectivity index (χ4n) is 2.62. The molecule has 0 saturated carbocycles. The van der Waals surface area contributed by atoms with E-state index in [1.807, 2.05) is 0 Å². The van der Waals surface area contributed by atoms with E-state index in [9.17, 15) is 18.0 Å². The number of aromatic amines is 1. The number of hydrogen-bond acceptors (Lipinski definition) is 6. The first-order valence-corrected chi connectivity index (χ1v) is 7.36. The van der Waals surface area contributed by atoms with Crippen LogP contribution in [0.5, 0.6) is 0 Å². The third-order valence-electron chi connectivity index (χ3n) is 3.80. The molecule has 132 valence electrons. The number of fused-ring (bicyclic) bond motifs is 2. The predicted molar refractivity (Wildman–Crippen MR) is 86.1 cm³/mol. The van der Waals surface area contributed by atoms with Gasteiger partial charge in [0, 0.05) is 17.3 Å². The van der Waals surface area contributed by atoms with Crippen LogP contribution in [-0.4, -0.2) is 42.0 Å². The van der Waals surface area contributed by atoms with E-state index < -0.39 is 12.1 Å². The lowest BCUT2D eigenvalue weighted by Crippen LogP contribution is -2.29. The number of H-pyrrole nitrogens is 1. The molecule has 0 radical (unpaired) electrons. The van der Waals surface area contributed by atoms with Crippen LogP contribution in [0.15, 0.2) is 30.7 Å². The molecule has 0 saturated heterocycles. The van der Waals surface area contributed by atoms with E-state index in [1.54, 1.807) is 18.3 Å². The Bertz CT molecular complexity index is 1150. The molecule has 0 aliphatic heterocycles. The van der Waals surface area contributed by atoms with E-state index in [2.05, 4.69) is 30.6 Å². The highest BCUT2D eigenvalue weighted by Crippen LogP contribution is 2.28. The molecule has 0 aliphatic rings. The molecule has 0 amide bonds. The fourth-order valence-corrected chi connectivity index (χ4v) is 2.62. The molecule has 8 nitrogen and oxygen atoms in total. The third-order valence-corrected chi connectivity index (χ3v) is 3.80. The maximum atomic E-state index is 12.7. The number of rotatable bonds is 2. The summed E-state index contributed by atoms with van der Waals surface area (Å²) in [5.74, 6) is -1.50. The SMILES string of the molecule is Cc1nn(C(=O)C(F)(F)F)c2ccc(Nc3[nH]nc4ncncc34)cc12. The van der Waals surface area contributed by atoms with Crippen LogP contribution in [0.2, 0.25) is 0 Å². The minimum absolute atomic E-state index is 0.0770. The van der Waals surface area contributed by atoms with Gasteiger partial charge in [-0.05, 0) is 25.1 Å². The average Bonchev–Trinajstić information content (AvgIpc) is 3.15. The minimum atomic E-state index is -5.00. The quantitative estimate of drug-likeness (QED) is 0.569. The Balaban J connectivity index is 1.75. The van der Waals surface area contributed by atoms with Crippen molar-refractivity contribution in [3.63, 3.8) is 0 Å². The first-order valence-electron chi connectivity index (χ1n) is 7.36. The minimum Gasteiger partial charge on any atom is -0.340 e. The van der Waals surface area contributed by atoms with Crippen LogP contribution in [0.1, 0.15) is 10.5 Å². The molecule has 11 heteroatoms. The van der Waals surface area contributed by atoms with Crippen LogP contribution in [-0.2, 0) is 0 Å². The molecule has 0 aliphatic carbocycles. The second-order valence-corrected chi connectivity index (χ2v) is 5.52. The molecule has 2 N–H and O–H groups in total. The molecule has 0 unspecified atom stereocenters. The number of anilines is 2. The molecular formula is C15H10F3N7O. The number of carbonyl (C=O) groups is 1. The zero-order valence-electron chi connectivity index (χ0n) is 13.2. The molecule has 0 spiro atoms. The van der Waals surface area contributed by atoms with E-state index in [0.29, 0.717) is 38.3 Å². The number of benzene rings is 1. The number of nitrogens with one attached hydrogen (secondary N) is 2. The van der Waals surface area contributed by atoms with Gasteiger partial charge >= 0.3 is 12.1 Å². The highest BCUT2D eigenvalue weighted by atomic mass is 19.4. The molecule has 3 aromatic heterocycles. The van der Waals surface area contributed by atoms with E-state index >= 15 is 0 Å². The van der Waals surface area contributed by atoms with E-state index in [0.717, 1.165) is 0 Å². The maximum Gasteiger partial charge on any atom is 0.473 e. The molecule has 1 aromatic carbocycles. The van der Waals surface area contributed by atoms with Crippen molar-refractivity contribution in [2.45, 2.75) is 13.1 Å². The van der Waals surface area contributed by atoms with Crippen LogP contribution in [0.4, 0.5) is 24.7 Å². The van der Waals surface area contributed by atoms with E-state index in [-0.39, 0.29) is 5.52 Å². The van der Waals surface area contributed by atoms with Crippen LogP contribution < -0.4 is 5.32 Å². The lowest BCUT2D eigenvalue weighted by Gasteiger charge is -2.07.